The third-order valence-electron chi connectivity index (χ3n) is 4.59. The Morgan fingerprint density at radius 2 is 1.79 bits per heavy atom. The molecule has 0 aliphatic heterocycles. The van der Waals surface area contributed by atoms with Crippen LogP contribution in [0.4, 0.5) is 0 Å². The number of benzene rings is 2. The lowest BCUT2D eigenvalue weighted by atomic mass is 10.1. The molecule has 0 aliphatic carbocycles. The molecule has 5 nitrogen and oxygen atoms in total. The van der Waals surface area contributed by atoms with Gasteiger partial charge in [-0.1, -0.05) is 41.9 Å². The molecule has 0 spiro atoms. The second kappa shape index (κ2) is 10.3. The fourth-order valence-corrected chi connectivity index (χ4v) is 3.08. The molecule has 2 rings (SSSR count). The van der Waals surface area contributed by atoms with Gasteiger partial charge in [0.15, 0.2) is 6.61 Å². The van der Waals surface area contributed by atoms with Crippen molar-refractivity contribution in [2.24, 2.45) is 0 Å². The predicted molar refractivity (Wildman–Crippen MR) is 116 cm³/mol. The topological polar surface area (TPSA) is 58.6 Å². The Labute approximate surface area is 178 Å². The van der Waals surface area contributed by atoms with E-state index in [0.29, 0.717) is 10.8 Å². The number of nitrogens with zero attached hydrogens (tertiary/aromatic N) is 1. The third-order valence-corrected chi connectivity index (χ3v) is 4.96. The van der Waals surface area contributed by atoms with Crippen molar-refractivity contribution in [3.8, 4) is 5.75 Å². The van der Waals surface area contributed by atoms with Crippen LogP contribution >= 0.6 is 11.6 Å². The van der Waals surface area contributed by atoms with E-state index in [-0.39, 0.29) is 31.0 Å². The molecule has 1 atom stereocenters. The van der Waals surface area contributed by atoms with Crippen LogP contribution in [-0.4, -0.2) is 35.4 Å². The second-order valence-electron chi connectivity index (χ2n) is 7.51. The Bertz CT molecular complexity index is 867. The van der Waals surface area contributed by atoms with Gasteiger partial charge < -0.3 is 15.0 Å². The zero-order valence-corrected chi connectivity index (χ0v) is 18.4. The number of hydrogen-bond donors (Lipinski definition) is 1. The first-order valence-electron chi connectivity index (χ1n) is 9.72. The first kappa shape index (κ1) is 22.8. The summed E-state index contributed by atoms with van der Waals surface area (Å²) in [6, 6.07) is 12.5. The molecule has 0 saturated heterocycles. The largest absolute Gasteiger partial charge is 0.483 e. The molecule has 0 aliphatic rings. The van der Waals surface area contributed by atoms with Crippen molar-refractivity contribution < 1.29 is 14.3 Å². The van der Waals surface area contributed by atoms with Gasteiger partial charge in [-0.3, -0.25) is 9.59 Å². The van der Waals surface area contributed by atoms with E-state index in [9.17, 15) is 9.59 Å². The van der Waals surface area contributed by atoms with Crippen LogP contribution in [0, 0.1) is 13.8 Å². The molecule has 6 heteroatoms. The monoisotopic (exact) mass is 416 g/mol. The highest BCUT2D eigenvalue weighted by atomic mass is 35.5. The minimum absolute atomic E-state index is 0.0200. The number of nitrogens with one attached hydrogen (secondary N) is 1. The van der Waals surface area contributed by atoms with Crippen LogP contribution in [0.3, 0.4) is 0 Å². The molecule has 0 radical (unpaired) electrons. The molecule has 2 aromatic rings. The van der Waals surface area contributed by atoms with Crippen molar-refractivity contribution in [1.29, 1.82) is 0 Å². The van der Waals surface area contributed by atoms with E-state index in [2.05, 4.69) is 5.32 Å². The SMILES string of the molecule is Cc1ccc(C)c(OCC(=O)N(Cc2ccccc2Cl)C(C)C(=O)NC(C)C)c1. The molecule has 2 aromatic carbocycles. The van der Waals surface area contributed by atoms with Gasteiger partial charge in [-0.15, -0.1) is 0 Å². The maximum atomic E-state index is 13.0. The van der Waals surface area contributed by atoms with Crippen LogP contribution in [0.25, 0.3) is 0 Å². The summed E-state index contributed by atoms with van der Waals surface area (Å²) in [6.07, 6.45) is 0. The van der Waals surface area contributed by atoms with E-state index in [1.54, 1.807) is 13.0 Å². The molecule has 2 amide bonds. The van der Waals surface area contributed by atoms with Crippen molar-refractivity contribution in [3.05, 3.63) is 64.2 Å². The summed E-state index contributed by atoms with van der Waals surface area (Å²) in [6.45, 7) is 9.44. The number of amides is 2. The van der Waals surface area contributed by atoms with Crippen molar-refractivity contribution in [2.75, 3.05) is 6.61 Å². The van der Waals surface area contributed by atoms with Crippen LogP contribution in [0.15, 0.2) is 42.5 Å². The Balaban J connectivity index is 2.20. The van der Waals surface area contributed by atoms with Crippen LogP contribution in [0.2, 0.25) is 5.02 Å². The average Bonchev–Trinajstić information content (AvgIpc) is 2.66. The van der Waals surface area contributed by atoms with Gasteiger partial charge in [0.2, 0.25) is 5.91 Å². The van der Waals surface area contributed by atoms with Crippen LogP contribution in [0.1, 0.15) is 37.5 Å². The van der Waals surface area contributed by atoms with Crippen LogP contribution < -0.4 is 10.1 Å². The molecular formula is C23H29ClN2O3. The molecule has 29 heavy (non-hydrogen) atoms. The Morgan fingerprint density at radius 3 is 2.45 bits per heavy atom. The number of hydrogen-bond acceptors (Lipinski definition) is 3. The van der Waals surface area contributed by atoms with Gasteiger partial charge in [0.05, 0.1) is 0 Å². The summed E-state index contributed by atoms with van der Waals surface area (Å²) in [5.74, 6) is 0.166. The summed E-state index contributed by atoms with van der Waals surface area (Å²) in [5.41, 5.74) is 2.78. The lowest BCUT2D eigenvalue weighted by Gasteiger charge is -2.29. The quantitative estimate of drug-likeness (QED) is 0.698. The minimum atomic E-state index is -0.664. The van der Waals surface area contributed by atoms with Crippen molar-refractivity contribution >= 4 is 23.4 Å². The fraction of sp³-hybridized carbons (Fsp3) is 0.391. The highest BCUT2D eigenvalue weighted by Crippen LogP contribution is 2.21. The highest BCUT2D eigenvalue weighted by molar-refractivity contribution is 6.31. The molecule has 0 saturated carbocycles. The number of rotatable bonds is 8. The zero-order chi connectivity index (χ0) is 21.6. The second-order valence-corrected chi connectivity index (χ2v) is 7.92. The standard InChI is InChI=1S/C23H29ClN2O3/c1-15(2)25-23(28)18(5)26(13-19-8-6-7-9-20(19)24)22(27)14-29-21-12-16(3)10-11-17(21)4/h6-12,15,18H,13-14H2,1-5H3,(H,25,28). The fourth-order valence-electron chi connectivity index (χ4n) is 2.88. The number of aryl methyl sites for hydroxylation is 2. The number of carbonyl (C=O) groups is 2. The zero-order valence-electron chi connectivity index (χ0n) is 17.7. The van der Waals surface area contributed by atoms with Gasteiger partial charge in [-0.05, 0) is 63.4 Å². The first-order valence-corrected chi connectivity index (χ1v) is 10.1. The van der Waals surface area contributed by atoms with Gasteiger partial charge in [0.25, 0.3) is 5.91 Å². The average molecular weight is 417 g/mol. The summed E-state index contributed by atoms with van der Waals surface area (Å²) < 4.78 is 5.78. The van der Waals surface area contributed by atoms with Crippen molar-refractivity contribution in [3.63, 3.8) is 0 Å². The Hall–Kier alpha value is -2.53. The molecule has 1 unspecified atom stereocenters. The van der Waals surface area contributed by atoms with Gasteiger partial charge in [0, 0.05) is 17.6 Å². The van der Waals surface area contributed by atoms with Gasteiger partial charge in [-0.2, -0.15) is 0 Å². The maximum Gasteiger partial charge on any atom is 0.261 e. The molecule has 1 N–H and O–H groups in total. The number of carbonyl (C=O) groups excluding carboxylic acids is 2. The van der Waals surface area contributed by atoms with E-state index in [1.165, 1.54) is 4.90 Å². The maximum absolute atomic E-state index is 13.0. The van der Waals surface area contributed by atoms with Gasteiger partial charge in [-0.25, -0.2) is 0 Å². The van der Waals surface area contributed by atoms with Crippen LogP contribution in [-0.2, 0) is 16.1 Å². The first-order chi connectivity index (χ1) is 13.7. The molecule has 0 heterocycles. The van der Waals surface area contributed by atoms with E-state index >= 15 is 0 Å². The molecule has 0 bridgehead atoms. The molecule has 0 fully saturated rings. The summed E-state index contributed by atoms with van der Waals surface area (Å²) >= 11 is 6.28. The van der Waals surface area contributed by atoms with E-state index in [4.69, 9.17) is 16.3 Å². The number of halogens is 1. The highest BCUT2D eigenvalue weighted by Gasteiger charge is 2.27. The van der Waals surface area contributed by atoms with Crippen molar-refractivity contribution in [2.45, 2.75) is 53.2 Å². The normalized spacial score (nSPS) is 11.8. The van der Waals surface area contributed by atoms with Gasteiger partial charge in [0.1, 0.15) is 11.8 Å². The van der Waals surface area contributed by atoms with Gasteiger partial charge >= 0.3 is 0 Å². The summed E-state index contributed by atoms with van der Waals surface area (Å²) in [4.78, 5) is 27.1. The minimum Gasteiger partial charge on any atom is -0.483 e. The third kappa shape index (κ3) is 6.50. The predicted octanol–water partition coefficient (Wildman–Crippen LogP) is 4.28. The Kier molecular flexibility index (Phi) is 8.09. The lowest BCUT2D eigenvalue weighted by molar-refractivity contribution is -0.142. The summed E-state index contributed by atoms with van der Waals surface area (Å²) in [5, 5.41) is 3.41. The molecular weight excluding hydrogens is 388 g/mol. The van der Waals surface area contributed by atoms with Crippen molar-refractivity contribution in [1.82, 2.24) is 10.2 Å². The van der Waals surface area contributed by atoms with Crippen LogP contribution in [0.5, 0.6) is 5.75 Å². The molecule has 156 valence electrons. The van der Waals surface area contributed by atoms with E-state index in [0.717, 1.165) is 16.7 Å². The van der Waals surface area contributed by atoms with E-state index < -0.39 is 6.04 Å². The lowest BCUT2D eigenvalue weighted by Crippen LogP contribution is -2.50. The molecule has 0 aromatic heterocycles. The Morgan fingerprint density at radius 1 is 1.10 bits per heavy atom. The summed E-state index contributed by atoms with van der Waals surface area (Å²) in [7, 11) is 0. The smallest absolute Gasteiger partial charge is 0.261 e. The number of ether oxygens (including phenoxy) is 1. The van der Waals surface area contributed by atoms with E-state index in [1.807, 2.05) is 64.1 Å².